The normalized spacial score (nSPS) is 11.9. The van der Waals surface area contributed by atoms with Gasteiger partial charge in [0.15, 0.2) is 0 Å². The Morgan fingerprint density at radius 2 is 1.32 bits per heavy atom. The molecule has 0 unspecified atom stereocenters. The third kappa shape index (κ3) is 4.99. The first-order valence-electron chi connectivity index (χ1n) is 6.35. The van der Waals surface area contributed by atoms with Gasteiger partial charge in [0.05, 0.1) is 4.92 Å². The molecule has 0 aliphatic heterocycles. The quantitative estimate of drug-likeness (QED) is 0.431. The lowest BCUT2D eigenvalue weighted by Crippen LogP contribution is -2.19. The number of rotatable bonds is 4. The summed E-state index contributed by atoms with van der Waals surface area (Å²) in [7, 11) is 0. The second-order valence-electron chi connectivity index (χ2n) is 4.53. The minimum Gasteiger partial charge on any atom is -0.405 e. The van der Waals surface area contributed by atoms with Gasteiger partial charge in [0.25, 0.3) is 5.69 Å². The second-order valence-corrected chi connectivity index (χ2v) is 4.53. The zero-order valence-electron chi connectivity index (χ0n) is 11.9. The number of hydrogen-bond acceptors (Lipinski definition) is 4. The van der Waals surface area contributed by atoms with Gasteiger partial charge in [0.2, 0.25) is 0 Å². The number of ether oxygens (including phenoxy) is 2. The zero-order valence-corrected chi connectivity index (χ0v) is 11.9. The van der Waals surface area contributed by atoms with Crippen LogP contribution in [0.1, 0.15) is 0 Å². The molecular formula is C14H7F6NO4. The van der Waals surface area contributed by atoms with Crippen LogP contribution >= 0.6 is 0 Å². The smallest absolute Gasteiger partial charge is 0.405 e. The molecule has 0 heterocycles. The van der Waals surface area contributed by atoms with Crippen LogP contribution in [0.2, 0.25) is 0 Å². The van der Waals surface area contributed by atoms with Crippen LogP contribution in [0.15, 0.2) is 42.5 Å². The van der Waals surface area contributed by atoms with Crippen molar-refractivity contribution in [1.82, 2.24) is 0 Å². The largest absolute Gasteiger partial charge is 0.573 e. The van der Waals surface area contributed by atoms with Crippen molar-refractivity contribution >= 4 is 5.69 Å². The fourth-order valence-electron chi connectivity index (χ4n) is 1.96. The summed E-state index contributed by atoms with van der Waals surface area (Å²) >= 11 is 0. The fourth-order valence-corrected chi connectivity index (χ4v) is 1.96. The van der Waals surface area contributed by atoms with E-state index < -0.39 is 46.0 Å². The average Bonchev–Trinajstić information content (AvgIpc) is 2.45. The van der Waals surface area contributed by atoms with E-state index in [4.69, 9.17) is 0 Å². The fraction of sp³-hybridized carbons (Fsp3) is 0.143. The van der Waals surface area contributed by atoms with Crippen molar-refractivity contribution in [1.29, 1.82) is 0 Å². The summed E-state index contributed by atoms with van der Waals surface area (Å²) in [6.45, 7) is 0. The number of nitro groups is 1. The number of hydrogen-bond donors (Lipinski definition) is 0. The predicted octanol–water partition coefficient (Wildman–Crippen LogP) is 5.06. The first-order chi connectivity index (χ1) is 11.5. The van der Waals surface area contributed by atoms with E-state index in [0.29, 0.717) is 12.1 Å². The number of non-ortho nitro benzene ring substituents is 1. The highest BCUT2D eigenvalue weighted by Crippen LogP contribution is 2.41. The van der Waals surface area contributed by atoms with Crippen LogP contribution in [0.3, 0.4) is 0 Å². The molecular weight excluding hydrogens is 360 g/mol. The molecule has 0 bridgehead atoms. The van der Waals surface area contributed by atoms with Crippen molar-refractivity contribution in [3.63, 3.8) is 0 Å². The van der Waals surface area contributed by atoms with Crippen LogP contribution in [-0.4, -0.2) is 17.6 Å². The molecule has 0 aliphatic carbocycles. The molecule has 134 valence electrons. The molecule has 11 heteroatoms. The Morgan fingerprint density at radius 3 is 1.84 bits per heavy atom. The van der Waals surface area contributed by atoms with Crippen LogP contribution in [0.4, 0.5) is 32.0 Å². The summed E-state index contributed by atoms with van der Waals surface area (Å²) in [5, 5.41) is 10.8. The Kier molecular flexibility index (Phi) is 4.77. The van der Waals surface area contributed by atoms with Gasteiger partial charge in [-0.05, 0) is 12.1 Å². The summed E-state index contributed by atoms with van der Waals surface area (Å²) in [6.07, 6.45) is -10.3. The van der Waals surface area contributed by atoms with Crippen LogP contribution in [0.5, 0.6) is 11.5 Å². The Balaban J connectivity index is 2.64. The van der Waals surface area contributed by atoms with Crippen molar-refractivity contribution in [2.75, 3.05) is 0 Å². The molecule has 0 aromatic heterocycles. The Bertz CT molecular complexity index is 788. The molecule has 2 aromatic rings. The molecule has 5 nitrogen and oxygen atoms in total. The van der Waals surface area contributed by atoms with Gasteiger partial charge in [0, 0.05) is 23.3 Å². The van der Waals surface area contributed by atoms with Crippen molar-refractivity contribution < 1.29 is 40.7 Å². The third-order valence-corrected chi connectivity index (χ3v) is 2.80. The van der Waals surface area contributed by atoms with E-state index in [0.717, 1.165) is 24.3 Å². The number of halogens is 6. The lowest BCUT2D eigenvalue weighted by Gasteiger charge is -2.16. The molecule has 2 aromatic carbocycles. The molecule has 0 radical (unpaired) electrons. The average molecular weight is 367 g/mol. The number of benzene rings is 2. The maximum atomic E-state index is 12.5. The van der Waals surface area contributed by atoms with E-state index in [1.807, 2.05) is 0 Å². The van der Waals surface area contributed by atoms with E-state index >= 15 is 0 Å². The molecule has 0 saturated carbocycles. The van der Waals surface area contributed by atoms with E-state index in [2.05, 4.69) is 9.47 Å². The standard InChI is InChI=1S/C14H7F6NO4/c15-13(16,17)24-11-4-2-1-3-9(11)10-7-8(21(22)23)5-6-12(10)25-14(18,19)20/h1-7H. The van der Waals surface area contributed by atoms with Gasteiger partial charge in [-0.2, -0.15) is 0 Å². The maximum Gasteiger partial charge on any atom is 0.573 e. The molecule has 0 spiro atoms. The van der Waals surface area contributed by atoms with Crippen molar-refractivity contribution in [2.24, 2.45) is 0 Å². The summed E-state index contributed by atoms with van der Waals surface area (Å²) < 4.78 is 82.4. The lowest BCUT2D eigenvalue weighted by molar-refractivity contribution is -0.384. The van der Waals surface area contributed by atoms with Crippen molar-refractivity contribution in [3.05, 3.63) is 52.6 Å². The SMILES string of the molecule is O=[N+]([O-])c1ccc(OC(F)(F)F)c(-c2ccccc2OC(F)(F)F)c1. The number of nitro benzene ring substituents is 1. The third-order valence-electron chi connectivity index (χ3n) is 2.80. The summed E-state index contributed by atoms with van der Waals surface area (Å²) in [5.41, 5.74) is -1.67. The first-order valence-corrected chi connectivity index (χ1v) is 6.35. The highest BCUT2D eigenvalue weighted by molar-refractivity contribution is 5.77. The second kappa shape index (κ2) is 6.49. The summed E-state index contributed by atoms with van der Waals surface area (Å²) in [5.74, 6) is -1.74. The highest BCUT2D eigenvalue weighted by Gasteiger charge is 2.35. The van der Waals surface area contributed by atoms with Gasteiger partial charge in [-0.15, -0.1) is 26.3 Å². The zero-order chi connectivity index (χ0) is 18.8. The summed E-state index contributed by atoms with van der Waals surface area (Å²) in [6, 6.07) is 6.31. The Labute approximate surface area is 135 Å². The minimum atomic E-state index is -5.15. The molecule has 0 N–H and O–H groups in total. The first kappa shape index (κ1) is 18.4. The van der Waals surface area contributed by atoms with Crippen LogP contribution in [-0.2, 0) is 0 Å². The van der Waals surface area contributed by atoms with E-state index in [9.17, 15) is 36.5 Å². The van der Waals surface area contributed by atoms with Gasteiger partial charge in [-0.25, -0.2) is 0 Å². The minimum absolute atomic E-state index is 0.456. The number of para-hydroxylation sites is 1. The molecule has 25 heavy (non-hydrogen) atoms. The Hall–Kier alpha value is -2.98. The monoisotopic (exact) mass is 367 g/mol. The van der Waals surface area contributed by atoms with E-state index in [1.165, 1.54) is 6.07 Å². The van der Waals surface area contributed by atoms with Crippen molar-refractivity contribution in [3.8, 4) is 22.6 Å². The predicted molar refractivity (Wildman–Crippen MR) is 71.9 cm³/mol. The van der Waals surface area contributed by atoms with Crippen LogP contribution in [0, 0.1) is 10.1 Å². The van der Waals surface area contributed by atoms with E-state index in [-0.39, 0.29) is 0 Å². The molecule has 0 saturated heterocycles. The van der Waals surface area contributed by atoms with Gasteiger partial charge in [0.1, 0.15) is 11.5 Å². The van der Waals surface area contributed by atoms with E-state index in [1.54, 1.807) is 0 Å². The summed E-state index contributed by atoms with van der Waals surface area (Å²) in [4.78, 5) is 9.92. The molecule has 0 atom stereocenters. The molecule has 0 amide bonds. The van der Waals surface area contributed by atoms with Gasteiger partial charge in [-0.3, -0.25) is 10.1 Å². The Morgan fingerprint density at radius 1 is 0.800 bits per heavy atom. The number of alkyl halides is 6. The van der Waals surface area contributed by atoms with Gasteiger partial charge < -0.3 is 9.47 Å². The van der Waals surface area contributed by atoms with Gasteiger partial charge in [-0.1, -0.05) is 18.2 Å². The molecule has 0 aliphatic rings. The number of nitrogens with zero attached hydrogens (tertiary/aromatic N) is 1. The maximum absolute atomic E-state index is 12.5. The molecule has 2 rings (SSSR count). The van der Waals surface area contributed by atoms with Gasteiger partial charge >= 0.3 is 12.7 Å². The lowest BCUT2D eigenvalue weighted by atomic mass is 10.0. The topological polar surface area (TPSA) is 61.6 Å². The van der Waals surface area contributed by atoms with Crippen molar-refractivity contribution in [2.45, 2.75) is 12.7 Å². The highest BCUT2D eigenvalue weighted by atomic mass is 19.4. The van der Waals surface area contributed by atoms with Crippen LogP contribution in [0.25, 0.3) is 11.1 Å². The van der Waals surface area contributed by atoms with Crippen LogP contribution < -0.4 is 9.47 Å². The molecule has 0 fully saturated rings.